The van der Waals surface area contributed by atoms with Crippen LogP contribution in [0.2, 0.25) is 0 Å². The van der Waals surface area contributed by atoms with Gasteiger partial charge in [-0.1, -0.05) is 175 Å². The number of thiocarbonyl (C=S) groups is 1. The van der Waals surface area contributed by atoms with Crippen LogP contribution in [0.3, 0.4) is 0 Å². The molecule has 5 nitrogen and oxygen atoms in total. The fraction of sp³-hybridized carbons (Fsp3) is 0.929. The summed E-state index contributed by atoms with van der Waals surface area (Å²) in [5.74, 6) is 0.683. The van der Waals surface area contributed by atoms with Crippen molar-refractivity contribution in [2.75, 3.05) is 13.2 Å². The quantitative estimate of drug-likeness (QED) is 0.0279. The van der Waals surface area contributed by atoms with Crippen LogP contribution in [-0.2, 0) is 19.1 Å². The maximum Gasteiger partial charge on any atom is 0.305 e. The van der Waals surface area contributed by atoms with E-state index in [2.05, 4.69) is 30.9 Å². The van der Waals surface area contributed by atoms with Gasteiger partial charge in [-0.2, -0.15) is 0 Å². The SMILES string of the molecule is CCCCCCCOC(=O)CCCCCCCCCC(CCCCCCCC(=O)OCCC(CCCCCC)CCCCCC)N=C=S. The third-order valence-electron chi connectivity index (χ3n) is 9.80. The van der Waals surface area contributed by atoms with Gasteiger partial charge in [0, 0.05) is 12.8 Å². The lowest BCUT2D eigenvalue weighted by atomic mass is 9.92. The highest BCUT2D eigenvalue weighted by Gasteiger charge is 2.11. The molecule has 0 saturated heterocycles. The number of aliphatic imine (C=N–C) groups is 1. The van der Waals surface area contributed by atoms with Crippen LogP contribution in [0.5, 0.6) is 0 Å². The Hall–Kier alpha value is -1.26. The molecule has 0 aromatic heterocycles. The molecule has 48 heavy (non-hydrogen) atoms. The van der Waals surface area contributed by atoms with Crippen molar-refractivity contribution in [2.45, 2.75) is 232 Å². The molecular formula is C42H79NO4S. The van der Waals surface area contributed by atoms with Crippen molar-refractivity contribution >= 4 is 29.3 Å². The molecule has 0 aliphatic heterocycles. The minimum atomic E-state index is -0.0223. The summed E-state index contributed by atoms with van der Waals surface area (Å²) in [6, 6.07) is 0.303. The van der Waals surface area contributed by atoms with Gasteiger partial charge in [-0.05, 0) is 56.7 Å². The zero-order valence-corrected chi connectivity index (χ0v) is 33.0. The molecule has 0 aromatic rings. The van der Waals surface area contributed by atoms with Crippen LogP contribution in [-0.4, -0.2) is 36.4 Å². The number of unbranched alkanes of at least 4 members (excludes halogenated alkanes) is 20. The van der Waals surface area contributed by atoms with Crippen LogP contribution < -0.4 is 0 Å². The summed E-state index contributed by atoms with van der Waals surface area (Å²) in [6.45, 7) is 7.94. The van der Waals surface area contributed by atoms with Gasteiger partial charge < -0.3 is 9.47 Å². The molecule has 0 amide bonds. The van der Waals surface area contributed by atoms with E-state index in [1.165, 1.54) is 128 Å². The van der Waals surface area contributed by atoms with E-state index in [4.69, 9.17) is 21.7 Å². The largest absolute Gasteiger partial charge is 0.466 e. The standard InChI is InChI=1S/C42H79NO4S/c1-4-7-10-21-28-36-46-41(44)33-26-19-15-13-14-17-24-31-40(43-38-48)32-25-18-16-20-27-34-42(45)47-37-35-39(29-22-11-8-5-2)30-23-12-9-6-3/h39-40H,4-37H2,1-3H3. The lowest BCUT2D eigenvalue weighted by molar-refractivity contribution is -0.145. The normalized spacial score (nSPS) is 11.8. The number of hydrogen-bond donors (Lipinski definition) is 0. The minimum absolute atomic E-state index is 0.00963. The second-order valence-corrected chi connectivity index (χ2v) is 14.6. The number of nitrogens with zero attached hydrogens (tertiary/aromatic N) is 1. The Morgan fingerprint density at radius 3 is 1.33 bits per heavy atom. The van der Waals surface area contributed by atoms with Gasteiger partial charge in [0.15, 0.2) is 0 Å². The monoisotopic (exact) mass is 694 g/mol. The van der Waals surface area contributed by atoms with E-state index in [1.54, 1.807) is 0 Å². The lowest BCUT2D eigenvalue weighted by Gasteiger charge is -2.17. The van der Waals surface area contributed by atoms with Crippen LogP contribution in [0.1, 0.15) is 226 Å². The van der Waals surface area contributed by atoms with Gasteiger partial charge in [0.05, 0.1) is 24.4 Å². The van der Waals surface area contributed by atoms with E-state index in [0.717, 1.165) is 64.2 Å². The van der Waals surface area contributed by atoms with Crippen LogP contribution in [0, 0.1) is 5.92 Å². The van der Waals surface area contributed by atoms with Gasteiger partial charge in [-0.3, -0.25) is 9.59 Å². The number of rotatable bonds is 38. The highest BCUT2D eigenvalue weighted by molar-refractivity contribution is 7.78. The summed E-state index contributed by atoms with van der Waals surface area (Å²) in [5, 5.41) is 2.62. The highest BCUT2D eigenvalue weighted by Crippen LogP contribution is 2.22. The van der Waals surface area contributed by atoms with E-state index in [9.17, 15) is 9.59 Å². The van der Waals surface area contributed by atoms with E-state index in [0.29, 0.717) is 38.0 Å². The van der Waals surface area contributed by atoms with Gasteiger partial charge in [0.1, 0.15) is 0 Å². The van der Waals surface area contributed by atoms with Gasteiger partial charge in [-0.15, -0.1) is 0 Å². The molecule has 0 aliphatic rings. The first kappa shape index (κ1) is 46.7. The van der Waals surface area contributed by atoms with E-state index < -0.39 is 0 Å². The molecule has 0 saturated carbocycles. The molecule has 0 aliphatic carbocycles. The predicted octanol–water partition coefficient (Wildman–Crippen LogP) is 13.7. The van der Waals surface area contributed by atoms with Crippen molar-refractivity contribution in [1.29, 1.82) is 0 Å². The number of carbonyl (C=O) groups is 2. The number of isothiocyanates is 1. The van der Waals surface area contributed by atoms with Crippen molar-refractivity contribution in [3.8, 4) is 0 Å². The average Bonchev–Trinajstić information content (AvgIpc) is 3.08. The lowest BCUT2D eigenvalue weighted by Crippen LogP contribution is -2.10. The molecule has 0 heterocycles. The summed E-state index contributed by atoms with van der Waals surface area (Å²) >= 11 is 4.92. The number of hydrogen-bond acceptors (Lipinski definition) is 6. The summed E-state index contributed by atoms with van der Waals surface area (Å²) in [7, 11) is 0. The Balaban J connectivity index is 3.79. The second kappa shape index (κ2) is 38.5. The summed E-state index contributed by atoms with van der Waals surface area (Å²) in [6.07, 6.45) is 37.1. The second-order valence-electron chi connectivity index (χ2n) is 14.4. The molecule has 0 aromatic carbocycles. The van der Waals surface area contributed by atoms with Crippen LogP contribution in [0.25, 0.3) is 0 Å². The topological polar surface area (TPSA) is 65.0 Å². The Labute approximate surface area is 304 Å². The molecule has 282 valence electrons. The van der Waals surface area contributed by atoms with Crippen molar-refractivity contribution in [1.82, 2.24) is 0 Å². The fourth-order valence-electron chi connectivity index (χ4n) is 6.59. The fourth-order valence-corrected chi connectivity index (χ4v) is 6.74. The summed E-state index contributed by atoms with van der Waals surface area (Å²) in [4.78, 5) is 28.6. The molecule has 0 spiro atoms. The van der Waals surface area contributed by atoms with Gasteiger partial charge in [0.2, 0.25) is 0 Å². The van der Waals surface area contributed by atoms with Gasteiger partial charge in [-0.25, -0.2) is 4.99 Å². The third kappa shape index (κ3) is 34.6. The van der Waals surface area contributed by atoms with E-state index in [-0.39, 0.29) is 11.9 Å². The molecule has 1 unspecified atom stereocenters. The van der Waals surface area contributed by atoms with Crippen LogP contribution in [0.15, 0.2) is 4.99 Å². The first-order valence-corrected chi connectivity index (χ1v) is 21.4. The zero-order valence-electron chi connectivity index (χ0n) is 32.2. The van der Waals surface area contributed by atoms with Crippen molar-refractivity contribution in [3.63, 3.8) is 0 Å². The average molecular weight is 694 g/mol. The Morgan fingerprint density at radius 2 is 0.854 bits per heavy atom. The molecular weight excluding hydrogens is 615 g/mol. The van der Waals surface area contributed by atoms with E-state index >= 15 is 0 Å². The number of carbonyl (C=O) groups excluding carboxylic acids is 2. The molecule has 0 N–H and O–H groups in total. The molecule has 0 bridgehead atoms. The maximum atomic E-state index is 12.3. The Bertz CT molecular complexity index is 742. The van der Waals surface area contributed by atoms with Crippen molar-refractivity contribution < 1.29 is 19.1 Å². The molecule has 0 fully saturated rings. The van der Waals surface area contributed by atoms with Gasteiger partial charge >= 0.3 is 11.9 Å². The number of ether oxygens (including phenoxy) is 2. The van der Waals surface area contributed by atoms with Gasteiger partial charge in [0.25, 0.3) is 0 Å². The summed E-state index contributed by atoms with van der Waals surface area (Å²) < 4.78 is 11.0. The zero-order chi connectivity index (χ0) is 35.2. The third-order valence-corrected chi connectivity index (χ3v) is 9.91. The Kier molecular flexibility index (Phi) is 37.5. The van der Waals surface area contributed by atoms with Crippen molar-refractivity contribution in [2.24, 2.45) is 10.9 Å². The van der Waals surface area contributed by atoms with Crippen LogP contribution in [0.4, 0.5) is 0 Å². The first-order valence-electron chi connectivity index (χ1n) is 20.9. The predicted molar refractivity (Wildman–Crippen MR) is 209 cm³/mol. The maximum absolute atomic E-state index is 12.3. The summed E-state index contributed by atoms with van der Waals surface area (Å²) in [5.41, 5.74) is 0. The molecule has 1 atom stereocenters. The smallest absolute Gasteiger partial charge is 0.305 e. The molecule has 0 radical (unpaired) electrons. The van der Waals surface area contributed by atoms with E-state index in [1.807, 2.05) is 0 Å². The number of esters is 2. The molecule has 6 heteroatoms. The minimum Gasteiger partial charge on any atom is -0.466 e. The molecule has 0 rings (SSSR count). The first-order chi connectivity index (χ1) is 23.6. The highest BCUT2D eigenvalue weighted by atomic mass is 32.1. The van der Waals surface area contributed by atoms with Crippen LogP contribution >= 0.6 is 12.2 Å². The van der Waals surface area contributed by atoms with Crippen molar-refractivity contribution in [3.05, 3.63) is 0 Å². The Morgan fingerprint density at radius 1 is 0.479 bits per heavy atom.